The van der Waals surface area contributed by atoms with Gasteiger partial charge in [-0.25, -0.2) is 0 Å². The maximum Gasteiger partial charge on any atom is 0.349 e. The van der Waals surface area contributed by atoms with E-state index in [0.29, 0.717) is 6.42 Å². The Hall–Kier alpha value is -0.130. The number of hydrogen-bond donors (Lipinski definition) is 0. The van der Waals surface area contributed by atoms with E-state index in [0.717, 1.165) is 0 Å². The van der Waals surface area contributed by atoms with E-state index in [9.17, 15) is 8.42 Å². The third kappa shape index (κ3) is 5.87. The summed E-state index contributed by atoms with van der Waals surface area (Å²) in [6, 6.07) is 0. The summed E-state index contributed by atoms with van der Waals surface area (Å²) in [5.74, 6) is 0. The van der Waals surface area contributed by atoms with Crippen molar-refractivity contribution in [1.82, 2.24) is 5.14 Å². The van der Waals surface area contributed by atoms with Crippen molar-refractivity contribution in [2.75, 3.05) is 6.61 Å². The minimum atomic E-state index is -3.94. The van der Waals surface area contributed by atoms with E-state index >= 15 is 0 Å². The molecule has 4 nitrogen and oxygen atoms in total. The Bertz CT molecular complexity index is 139. The van der Waals surface area contributed by atoms with Gasteiger partial charge in [-0.2, -0.15) is 8.42 Å². The van der Waals surface area contributed by atoms with Crippen LogP contribution in [-0.4, -0.2) is 15.0 Å². The summed E-state index contributed by atoms with van der Waals surface area (Å²) in [6.45, 7) is 1.87. The zero-order valence-electron chi connectivity index (χ0n) is 4.55. The molecule has 1 N–H and O–H groups in total. The molecule has 0 aromatic carbocycles. The second-order valence-electron chi connectivity index (χ2n) is 1.28. The van der Waals surface area contributed by atoms with Crippen LogP contribution >= 0.6 is 0 Å². The summed E-state index contributed by atoms with van der Waals surface area (Å²) in [5, 5.41) is 6.19. The molecule has 0 aromatic rings. The lowest BCUT2D eigenvalue weighted by atomic mass is 10.5. The van der Waals surface area contributed by atoms with Crippen molar-refractivity contribution in [3.63, 3.8) is 0 Å². The third-order valence-electron chi connectivity index (χ3n) is 0.443. The Morgan fingerprint density at radius 3 is 2.25 bits per heavy atom. The van der Waals surface area contributed by atoms with Gasteiger partial charge in [0.05, 0.1) is 6.61 Å². The molecule has 0 aliphatic rings. The van der Waals surface area contributed by atoms with E-state index in [-0.39, 0.29) is 6.61 Å². The molecular weight excluding hydrogens is 130 g/mol. The average Bonchev–Trinajstić information content (AvgIpc) is 1.59. The summed E-state index contributed by atoms with van der Waals surface area (Å²) in [5.41, 5.74) is 0. The number of hydrogen-bond acceptors (Lipinski definition) is 3. The molecule has 0 spiro atoms. The molecule has 0 fully saturated rings. The van der Waals surface area contributed by atoms with Crippen LogP contribution in [0.25, 0.3) is 0 Å². The number of nitrogens with one attached hydrogen (secondary N) is 1. The Morgan fingerprint density at radius 1 is 1.62 bits per heavy atom. The lowest BCUT2D eigenvalue weighted by molar-refractivity contribution is 0.317. The molecule has 0 aliphatic carbocycles. The minimum Gasteiger partial charge on any atom is -0.257 e. The maximum absolute atomic E-state index is 9.83. The van der Waals surface area contributed by atoms with Gasteiger partial charge in [-0.05, 0) is 6.42 Å². The predicted molar refractivity (Wildman–Crippen MR) is 28.3 cm³/mol. The predicted octanol–water partition coefficient (Wildman–Crippen LogP) is -0.0593. The fourth-order valence-electron chi connectivity index (χ4n) is 0.193. The maximum atomic E-state index is 9.83. The van der Waals surface area contributed by atoms with Gasteiger partial charge in [-0.1, -0.05) is 6.92 Å². The van der Waals surface area contributed by atoms with Crippen molar-refractivity contribution in [3.8, 4) is 0 Å². The molecule has 0 unspecified atom stereocenters. The summed E-state index contributed by atoms with van der Waals surface area (Å²) in [4.78, 5) is 0. The molecule has 0 rings (SSSR count). The normalized spacial score (nSPS) is 11.8. The molecule has 0 aliphatic heterocycles. The highest BCUT2D eigenvalue weighted by Gasteiger charge is 1.99. The van der Waals surface area contributed by atoms with Crippen LogP contribution in [0, 0.1) is 0 Å². The second kappa shape index (κ2) is 3.01. The standard InChI is InChI=1S/C3H8NO3S/c1-2-3-7-8(4,5)6/h4H,2-3H2,1H3. The molecule has 8 heavy (non-hydrogen) atoms. The third-order valence-corrected chi connectivity index (χ3v) is 0.920. The fourth-order valence-corrected chi connectivity index (χ4v) is 0.579. The summed E-state index contributed by atoms with van der Waals surface area (Å²) in [6.07, 6.45) is 0.609. The lowest BCUT2D eigenvalue weighted by Crippen LogP contribution is -2.05. The van der Waals surface area contributed by atoms with Gasteiger partial charge >= 0.3 is 10.3 Å². The van der Waals surface area contributed by atoms with E-state index < -0.39 is 10.3 Å². The lowest BCUT2D eigenvalue weighted by Gasteiger charge is -1.92. The molecule has 0 saturated carbocycles. The zero-order chi connectivity index (χ0) is 6.62. The Kier molecular flexibility index (Phi) is 2.96. The molecule has 0 bridgehead atoms. The summed E-state index contributed by atoms with van der Waals surface area (Å²) >= 11 is 0. The van der Waals surface area contributed by atoms with E-state index in [1.54, 1.807) is 6.92 Å². The molecule has 0 atom stereocenters. The van der Waals surface area contributed by atoms with Crippen LogP contribution in [-0.2, 0) is 14.5 Å². The quantitative estimate of drug-likeness (QED) is 0.548. The van der Waals surface area contributed by atoms with E-state index in [2.05, 4.69) is 4.18 Å². The number of rotatable bonds is 3. The zero-order valence-corrected chi connectivity index (χ0v) is 5.36. The topological polar surface area (TPSA) is 67.2 Å². The summed E-state index contributed by atoms with van der Waals surface area (Å²) in [7, 11) is -3.94. The highest BCUT2D eigenvalue weighted by molar-refractivity contribution is 7.84. The Morgan fingerprint density at radius 2 is 2.12 bits per heavy atom. The minimum absolute atomic E-state index is 0.103. The highest BCUT2D eigenvalue weighted by atomic mass is 32.2. The van der Waals surface area contributed by atoms with Gasteiger partial charge in [0.1, 0.15) is 0 Å². The fraction of sp³-hybridized carbons (Fsp3) is 1.00. The summed E-state index contributed by atoms with van der Waals surface area (Å²) < 4.78 is 23.7. The molecule has 49 valence electrons. The average molecular weight is 138 g/mol. The highest BCUT2D eigenvalue weighted by Crippen LogP contribution is 1.85. The van der Waals surface area contributed by atoms with Crippen LogP contribution in [0.15, 0.2) is 0 Å². The van der Waals surface area contributed by atoms with Gasteiger partial charge < -0.3 is 0 Å². The van der Waals surface area contributed by atoms with Crippen LogP contribution in [0.2, 0.25) is 0 Å². The van der Waals surface area contributed by atoms with Gasteiger partial charge in [-0.3, -0.25) is 4.18 Å². The molecule has 0 saturated heterocycles. The van der Waals surface area contributed by atoms with Crippen molar-refractivity contribution < 1.29 is 12.6 Å². The van der Waals surface area contributed by atoms with Crippen molar-refractivity contribution in [2.24, 2.45) is 0 Å². The molecule has 1 radical (unpaired) electrons. The SMILES string of the molecule is CCCOS([NH])(=O)=O. The first kappa shape index (κ1) is 7.87. The molecular formula is C3H8NO3S. The van der Waals surface area contributed by atoms with Gasteiger partial charge in [0.2, 0.25) is 0 Å². The van der Waals surface area contributed by atoms with Gasteiger partial charge in [0.15, 0.2) is 0 Å². The van der Waals surface area contributed by atoms with Gasteiger partial charge in [-0.15, -0.1) is 5.14 Å². The van der Waals surface area contributed by atoms with Crippen LogP contribution < -0.4 is 5.14 Å². The van der Waals surface area contributed by atoms with Crippen molar-refractivity contribution >= 4 is 10.3 Å². The molecule has 0 aromatic heterocycles. The molecule has 5 heteroatoms. The van der Waals surface area contributed by atoms with Crippen LogP contribution in [0.5, 0.6) is 0 Å². The largest absolute Gasteiger partial charge is 0.349 e. The Labute approximate surface area is 48.9 Å². The van der Waals surface area contributed by atoms with Crippen LogP contribution in [0.3, 0.4) is 0 Å². The smallest absolute Gasteiger partial charge is 0.257 e. The first-order valence-electron chi connectivity index (χ1n) is 2.20. The van der Waals surface area contributed by atoms with E-state index in [4.69, 9.17) is 5.14 Å². The van der Waals surface area contributed by atoms with Gasteiger partial charge in [0.25, 0.3) is 0 Å². The van der Waals surface area contributed by atoms with E-state index in [1.165, 1.54) is 0 Å². The monoisotopic (exact) mass is 138 g/mol. The van der Waals surface area contributed by atoms with Crippen molar-refractivity contribution in [2.45, 2.75) is 13.3 Å². The van der Waals surface area contributed by atoms with Crippen LogP contribution in [0.1, 0.15) is 13.3 Å². The molecule has 0 heterocycles. The molecule has 0 amide bonds. The van der Waals surface area contributed by atoms with Gasteiger partial charge in [0, 0.05) is 0 Å². The van der Waals surface area contributed by atoms with Crippen molar-refractivity contribution in [3.05, 3.63) is 0 Å². The van der Waals surface area contributed by atoms with E-state index in [1.807, 2.05) is 0 Å². The van der Waals surface area contributed by atoms with Crippen molar-refractivity contribution in [1.29, 1.82) is 0 Å². The second-order valence-corrected chi connectivity index (χ2v) is 2.42. The van der Waals surface area contributed by atoms with Crippen LogP contribution in [0.4, 0.5) is 0 Å². The Balaban J connectivity index is 3.42. The first-order valence-corrected chi connectivity index (χ1v) is 3.61. The first-order chi connectivity index (χ1) is 3.56.